The molecule has 0 saturated carbocycles. The number of methoxy groups -OCH3 is 1. The summed E-state index contributed by atoms with van der Waals surface area (Å²) in [7, 11) is 1.51. The third-order valence-electron chi connectivity index (χ3n) is 4.77. The summed E-state index contributed by atoms with van der Waals surface area (Å²) in [6.07, 6.45) is -5.05. The number of nitrogens with two attached hydrogens (primary N) is 1. The summed E-state index contributed by atoms with van der Waals surface area (Å²) in [5.41, 5.74) is 5.60. The van der Waals surface area contributed by atoms with Crippen LogP contribution < -0.4 is 10.5 Å². The first-order valence-corrected chi connectivity index (χ1v) is 11.5. The van der Waals surface area contributed by atoms with Crippen LogP contribution in [0.4, 0.5) is 13.2 Å². The lowest BCUT2D eigenvalue weighted by Gasteiger charge is -2.20. The molecule has 33 heavy (non-hydrogen) atoms. The Morgan fingerprint density at radius 2 is 1.79 bits per heavy atom. The van der Waals surface area contributed by atoms with Gasteiger partial charge in [0.2, 0.25) is 0 Å². The van der Waals surface area contributed by atoms with E-state index in [9.17, 15) is 18.0 Å². The molecule has 1 aromatic rings. The van der Waals surface area contributed by atoms with Gasteiger partial charge in [0, 0.05) is 26.6 Å². The maximum Gasteiger partial charge on any atom is 0.419 e. The number of benzene rings is 1. The highest BCUT2D eigenvalue weighted by Gasteiger charge is 2.39. The number of carbonyl (C=O) groups is 1. The second-order valence-corrected chi connectivity index (χ2v) is 7.36. The lowest BCUT2D eigenvalue weighted by atomic mass is 9.92. The third kappa shape index (κ3) is 10.3. The molecule has 0 spiro atoms. The van der Waals surface area contributed by atoms with E-state index in [4.69, 9.17) is 24.7 Å². The molecule has 1 aromatic carbocycles. The predicted octanol–water partition coefficient (Wildman–Crippen LogP) is 5.56. The minimum atomic E-state index is -4.53. The van der Waals surface area contributed by atoms with Crippen LogP contribution in [0.5, 0.6) is 5.75 Å². The maximum atomic E-state index is 13.2. The molecular weight excluding hydrogens is 439 g/mol. The van der Waals surface area contributed by atoms with Gasteiger partial charge in [-0.05, 0) is 23.6 Å². The molecule has 6 nitrogen and oxygen atoms in total. The van der Waals surface area contributed by atoms with Crippen LogP contribution in [0.25, 0.3) is 0 Å². The molecule has 0 bridgehead atoms. The Labute approximate surface area is 195 Å². The fourth-order valence-corrected chi connectivity index (χ4v) is 3.07. The van der Waals surface area contributed by atoms with Gasteiger partial charge in [0.15, 0.2) is 0 Å². The molecule has 2 rings (SSSR count). The highest BCUT2D eigenvalue weighted by molar-refractivity contribution is 5.75. The molecule has 1 saturated heterocycles. The van der Waals surface area contributed by atoms with Crippen LogP contribution in [0.15, 0.2) is 18.2 Å². The number of halogens is 3. The summed E-state index contributed by atoms with van der Waals surface area (Å²) in [5.74, 6) is -0.666. The van der Waals surface area contributed by atoms with E-state index in [-0.39, 0.29) is 36.8 Å². The van der Waals surface area contributed by atoms with Crippen molar-refractivity contribution in [2.75, 3.05) is 20.3 Å². The Balaban J connectivity index is 0.00000242. The van der Waals surface area contributed by atoms with Crippen LogP contribution in [0.2, 0.25) is 0 Å². The standard InChI is InChI=1S/C20H28F3NO5.2C2H6/c1-12(2)14-10-17(29-19(14)25)18(24)28-11-13-5-6-15(20(21,22)23)16(9-13)27-8-4-7-26-3;2*1-2/h5-6,9,12,14,17-18H,4,7-8,10-11,24H2,1-3H3;2*1-2H3/t14-,17?,18?;;/m0../s1. The molecule has 192 valence electrons. The number of hydrogen-bond acceptors (Lipinski definition) is 6. The van der Waals surface area contributed by atoms with E-state index in [0.717, 1.165) is 6.07 Å². The van der Waals surface area contributed by atoms with Gasteiger partial charge >= 0.3 is 12.1 Å². The molecule has 1 aliphatic rings. The molecule has 3 atom stereocenters. The highest BCUT2D eigenvalue weighted by atomic mass is 19.4. The normalized spacial score (nSPS) is 18.6. The zero-order valence-electron chi connectivity index (χ0n) is 20.8. The molecule has 1 fully saturated rings. The lowest BCUT2D eigenvalue weighted by Crippen LogP contribution is -2.37. The first-order valence-electron chi connectivity index (χ1n) is 11.5. The summed E-state index contributed by atoms with van der Waals surface area (Å²) in [6, 6.07) is 3.56. The monoisotopic (exact) mass is 479 g/mol. The van der Waals surface area contributed by atoms with E-state index < -0.39 is 24.1 Å². The predicted molar refractivity (Wildman–Crippen MR) is 122 cm³/mol. The molecule has 0 radical (unpaired) electrons. The van der Waals surface area contributed by atoms with E-state index in [2.05, 4.69) is 0 Å². The van der Waals surface area contributed by atoms with Crippen molar-refractivity contribution in [3.05, 3.63) is 29.3 Å². The fraction of sp³-hybridized carbons (Fsp3) is 0.708. The van der Waals surface area contributed by atoms with E-state index in [1.165, 1.54) is 19.2 Å². The Morgan fingerprint density at radius 1 is 1.15 bits per heavy atom. The van der Waals surface area contributed by atoms with Crippen molar-refractivity contribution in [2.45, 2.75) is 79.5 Å². The Morgan fingerprint density at radius 3 is 2.30 bits per heavy atom. The fourth-order valence-electron chi connectivity index (χ4n) is 3.07. The van der Waals surface area contributed by atoms with Gasteiger partial charge in [-0.2, -0.15) is 13.2 Å². The van der Waals surface area contributed by atoms with Crippen molar-refractivity contribution in [3.8, 4) is 5.75 Å². The summed E-state index contributed by atoms with van der Waals surface area (Å²) in [6.45, 7) is 12.3. The number of rotatable bonds is 10. The first kappa shape index (κ1) is 31.2. The smallest absolute Gasteiger partial charge is 0.419 e. The minimum absolute atomic E-state index is 0.0336. The summed E-state index contributed by atoms with van der Waals surface area (Å²) < 4.78 is 60.6. The first-order chi connectivity index (χ1) is 15.6. The molecule has 1 heterocycles. The van der Waals surface area contributed by atoms with E-state index in [1.807, 2.05) is 41.5 Å². The number of ether oxygens (including phenoxy) is 4. The van der Waals surface area contributed by atoms with Crippen molar-refractivity contribution in [1.82, 2.24) is 0 Å². The molecule has 9 heteroatoms. The van der Waals surface area contributed by atoms with Gasteiger partial charge in [-0.3, -0.25) is 4.79 Å². The Hall–Kier alpha value is -1.84. The van der Waals surface area contributed by atoms with Crippen LogP contribution in [0, 0.1) is 11.8 Å². The molecule has 1 aliphatic heterocycles. The lowest BCUT2D eigenvalue weighted by molar-refractivity contribution is -0.150. The van der Waals surface area contributed by atoms with Crippen molar-refractivity contribution in [3.63, 3.8) is 0 Å². The maximum absolute atomic E-state index is 13.2. The Kier molecular flexibility index (Phi) is 15.0. The molecule has 0 amide bonds. The minimum Gasteiger partial charge on any atom is -0.493 e. The number of hydrogen-bond donors (Lipinski definition) is 1. The summed E-state index contributed by atoms with van der Waals surface area (Å²) in [4.78, 5) is 11.9. The van der Waals surface area contributed by atoms with Crippen molar-refractivity contribution in [1.29, 1.82) is 0 Å². The average molecular weight is 480 g/mol. The molecular formula is C24H40F3NO5. The van der Waals surface area contributed by atoms with Gasteiger partial charge in [-0.15, -0.1) is 0 Å². The van der Waals surface area contributed by atoms with E-state index in [1.54, 1.807) is 0 Å². The quantitative estimate of drug-likeness (QED) is 0.269. The highest BCUT2D eigenvalue weighted by Crippen LogP contribution is 2.37. The van der Waals surface area contributed by atoms with Crippen LogP contribution in [0.3, 0.4) is 0 Å². The molecule has 0 aromatic heterocycles. The topological polar surface area (TPSA) is 80.0 Å². The van der Waals surface area contributed by atoms with Crippen molar-refractivity contribution < 1.29 is 36.9 Å². The second kappa shape index (κ2) is 15.9. The Bertz CT molecular complexity index is 683. The number of cyclic esters (lactones) is 1. The van der Waals surface area contributed by atoms with Gasteiger partial charge in [-0.1, -0.05) is 47.6 Å². The third-order valence-corrected chi connectivity index (χ3v) is 4.77. The van der Waals surface area contributed by atoms with Gasteiger partial charge in [0.1, 0.15) is 18.1 Å². The molecule has 2 unspecified atom stereocenters. The van der Waals surface area contributed by atoms with Gasteiger partial charge in [-0.25, -0.2) is 0 Å². The largest absolute Gasteiger partial charge is 0.493 e. The van der Waals surface area contributed by atoms with E-state index >= 15 is 0 Å². The van der Waals surface area contributed by atoms with Gasteiger partial charge in [0.05, 0.1) is 24.7 Å². The van der Waals surface area contributed by atoms with Crippen LogP contribution in [-0.2, 0) is 31.8 Å². The summed E-state index contributed by atoms with van der Waals surface area (Å²) >= 11 is 0. The number of carbonyl (C=O) groups excluding carboxylic acids is 1. The zero-order valence-corrected chi connectivity index (χ0v) is 20.8. The number of alkyl halides is 3. The van der Waals surface area contributed by atoms with Crippen LogP contribution in [0.1, 0.15) is 65.5 Å². The van der Waals surface area contributed by atoms with Gasteiger partial charge < -0.3 is 24.7 Å². The molecule has 0 aliphatic carbocycles. The van der Waals surface area contributed by atoms with E-state index in [0.29, 0.717) is 25.0 Å². The van der Waals surface area contributed by atoms with Crippen LogP contribution >= 0.6 is 0 Å². The average Bonchev–Trinajstić information content (AvgIpc) is 3.19. The summed E-state index contributed by atoms with van der Waals surface area (Å²) in [5, 5.41) is 0. The molecule has 2 N–H and O–H groups in total. The SMILES string of the molecule is CC.CC.COCCCOc1cc(COC(N)C2C[C@@H](C(C)C)C(=O)O2)ccc1C(F)(F)F. The number of esters is 1. The van der Waals surface area contributed by atoms with Gasteiger partial charge in [0.25, 0.3) is 0 Å². The zero-order chi connectivity index (χ0) is 25.6. The van der Waals surface area contributed by atoms with Crippen molar-refractivity contribution in [2.24, 2.45) is 17.6 Å². The second-order valence-electron chi connectivity index (χ2n) is 7.36. The van der Waals surface area contributed by atoms with Crippen LogP contribution in [-0.4, -0.2) is 38.6 Å². The van der Waals surface area contributed by atoms with Crippen molar-refractivity contribution >= 4 is 5.97 Å².